The molecule has 5 nitrogen and oxygen atoms in total. The van der Waals surface area contributed by atoms with Crippen LogP contribution < -0.4 is 4.74 Å². The Balaban J connectivity index is 1.59. The average Bonchev–Trinajstić information content (AvgIpc) is 3.06. The Kier molecular flexibility index (Phi) is 3.85. The minimum absolute atomic E-state index is 0.114. The van der Waals surface area contributed by atoms with Gasteiger partial charge in [-0.2, -0.15) is 0 Å². The van der Waals surface area contributed by atoms with Crippen LogP contribution in [0.4, 0.5) is 0 Å². The second-order valence-corrected chi connectivity index (χ2v) is 11.2. The van der Waals surface area contributed by atoms with E-state index in [1.807, 2.05) is 13.2 Å². The number of rotatable bonds is 3. The zero-order valence-electron chi connectivity index (χ0n) is 20.3. The summed E-state index contributed by atoms with van der Waals surface area (Å²) < 4.78 is 12.2. The summed E-state index contributed by atoms with van der Waals surface area (Å²) in [6, 6.07) is 14.9. The van der Waals surface area contributed by atoms with Gasteiger partial charge in [-0.25, -0.2) is 0 Å². The predicted molar refractivity (Wildman–Crippen MR) is 132 cm³/mol. The molecule has 2 heterocycles. The second-order valence-electron chi connectivity index (χ2n) is 11.2. The lowest BCUT2D eigenvalue weighted by atomic mass is 9.34. The summed E-state index contributed by atoms with van der Waals surface area (Å²) in [4.78, 5) is 8.14. The molecule has 1 saturated carbocycles. The van der Waals surface area contributed by atoms with E-state index in [-0.39, 0.29) is 22.3 Å². The summed E-state index contributed by atoms with van der Waals surface area (Å²) in [5, 5.41) is 11.6. The van der Waals surface area contributed by atoms with E-state index in [1.165, 1.54) is 11.1 Å². The number of fused-ring (bicyclic) bond motifs is 1. The maximum Gasteiger partial charge on any atom is 0.161 e. The molecule has 34 heavy (non-hydrogen) atoms. The van der Waals surface area contributed by atoms with Gasteiger partial charge in [0.05, 0.1) is 18.9 Å². The van der Waals surface area contributed by atoms with Gasteiger partial charge in [-0.05, 0) is 50.0 Å². The van der Waals surface area contributed by atoms with Crippen molar-refractivity contribution < 1.29 is 14.6 Å². The van der Waals surface area contributed by atoms with Crippen LogP contribution in [-0.2, 0) is 16.6 Å². The predicted octanol–water partition coefficient (Wildman–Crippen LogP) is 4.12. The van der Waals surface area contributed by atoms with Gasteiger partial charge in [0.15, 0.2) is 11.5 Å². The minimum atomic E-state index is -0.551. The molecule has 5 heteroatoms. The van der Waals surface area contributed by atoms with Crippen LogP contribution in [0.15, 0.2) is 59.6 Å². The van der Waals surface area contributed by atoms with Crippen LogP contribution in [0.25, 0.3) is 0 Å². The summed E-state index contributed by atoms with van der Waals surface area (Å²) in [5.41, 5.74) is 3.29. The van der Waals surface area contributed by atoms with Crippen molar-refractivity contribution in [3.05, 3.63) is 71.3 Å². The van der Waals surface area contributed by atoms with E-state index in [4.69, 9.17) is 14.5 Å². The van der Waals surface area contributed by atoms with E-state index in [0.29, 0.717) is 17.5 Å². The third kappa shape index (κ3) is 1.94. The van der Waals surface area contributed by atoms with Crippen LogP contribution >= 0.6 is 0 Å². The first-order chi connectivity index (χ1) is 16.4. The Morgan fingerprint density at radius 1 is 1.09 bits per heavy atom. The molecule has 2 fully saturated rings. The Morgan fingerprint density at radius 3 is 2.62 bits per heavy atom. The molecule has 4 aliphatic carbocycles. The van der Waals surface area contributed by atoms with Crippen LogP contribution in [0.1, 0.15) is 36.5 Å². The van der Waals surface area contributed by atoms with Crippen LogP contribution in [0.5, 0.6) is 11.5 Å². The number of ether oxygens (including phenoxy) is 2. The quantitative estimate of drug-likeness (QED) is 0.706. The zero-order valence-corrected chi connectivity index (χ0v) is 20.3. The van der Waals surface area contributed by atoms with Crippen molar-refractivity contribution in [2.45, 2.75) is 49.3 Å². The summed E-state index contributed by atoms with van der Waals surface area (Å²) in [6.45, 7) is 3.33. The lowest BCUT2D eigenvalue weighted by molar-refractivity contribution is -0.183. The highest BCUT2D eigenvalue weighted by Gasteiger charge is 2.81. The number of phenolic OH excluding ortho intramolecular Hbond substituents is 1. The molecule has 6 bridgehead atoms. The number of hydrogen-bond acceptors (Lipinski definition) is 5. The van der Waals surface area contributed by atoms with E-state index in [9.17, 15) is 5.11 Å². The van der Waals surface area contributed by atoms with Crippen LogP contribution in [0.3, 0.4) is 0 Å². The van der Waals surface area contributed by atoms with Crippen molar-refractivity contribution in [3.63, 3.8) is 0 Å². The molecule has 2 aromatic rings. The number of aliphatic imine (C=N–C) groups is 1. The summed E-state index contributed by atoms with van der Waals surface area (Å²) in [6.07, 6.45) is 7.59. The Morgan fingerprint density at radius 2 is 1.88 bits per heavy atom. The van der Waals surface area contributed by atoms with Crippen molar-refractivity contribution in [1.29, 1.82) is 0 Å². The third-order valence-corrected chi connectivity index (χ3v) is 10.3. The molecule has 1 spiro atoms. The highest BCUT2D eigenvalue weighted by Crippen LogP contribution is 2.76. The molecule has 2 aliphatic heterocycles. The van der Waals surface area contributed by atoms with Gasteiger partial charge < -0.3 is 19.5 Å². The molecule has 6 atom stereocenters. The highest BCUT2D eigenvalue weighted by molar-refractivity contribution is 6.08. The molecular weight excluding hydrogens is 424 g/mol. The fourth-order valence-electron chi connectivity index (χ4n) is 8.98. The molecule has 1 saturated heterocycles. The van der Waals surface area contributed by atoms with Crippen LogP contribution in [-0.4, -0.2) is 61.2 Å². The maximum atomic E-state index is 11.6. The fourth-order valence-corrected chi connectivity index (χ4v) is 8.98. The first kappa shape index (κ1) is 20.7. The number of methoxy groups -OCH3 is 2. The first-order valence-electron chi connectivity index (χ1n) is 12.4. The lowest BCUT2D eigenvalue weighted by Gasteiger charge is -2.73. The van der Waals surface area contributed by atoms with Gasteiger partial charge in [-0.3, -0.25) is 4.99 Å². The molecule has 0 amide bonds. The number of piperidine rings is 1. The number of phenols is 1. The number of aromatic hydroxyl groups is 1. The van der Waals surface area contributed by atoms with Gasteiger partial charge in [0.2, 0.25) is 0 Å². The molecule has 0 unspecified atom stereocenters. The van der Waals surface area contributed by atoms with Crippen LogP contribution in [0, 0.1) is 10.8 Å². The number of benzene rings is 2. The first-order valence-corrected chi connectivity index (χ1v) is 12.4. The van der Waals surface area contributed by atoms with Gasteiger partial charge in [-0.1, -0.05) is 55.5 Å². The number of hydrogen-bond donors (Lipinski definition) is 1. The van der Waals surface area contributed by atoms with E-state index in [2.05, 4.69) is 67.4 Å². The molecule has 2 aromatic carbocycles. The molecule has 0 aromatic heterocycles. The largest absolute Gasteiger partial charge is 0.504 e. The summed E-state index contributed by atoms with van der Waals surface area (Å²) in [5.74, 6) is 0.838. The molecule has 0 radical (unpaired) electrons. The fraction of sp³-hybridized carbons (Fsp3) is 0.483. The van der Waals surface area contributed by atoms with Crippen molar-refractivity contribution in [3.8, 4) is 11.5 Å². The average molecular weight is 457 g/mol. The van der Waals surface area contributed by atoms with E-state index in [1.54, 1.807) is 7.11 Å². The van der Waals surface area contributed by atoms with E-state index >= 15 is 0 Å². The van der Waals surface area contributed by atoms with Crippen molar-refractivity contribution >= 4 is 5.71 Å². The molecule has 176 valence electrons. The number of likely N-dealkylation sites (tertiary alicyclic amines) is 1. The van der Waals surface area contributed by atoms with Crippen molar-refractivity contribution in [2.75, 3.05) is 27.8 Å². The van der Waals surface area contributed by atoms with E-state index in [0.717, 1.165) is 37.1 Å². The molecule has 1 N–H and O–H groups in total. The Labute approximate surface area is 201 Å². The SMILES string of the molecule is COc1ccc2c(c1O)[C@]13CCN(C)[C@@H](C2)[C@]12C=C[C@]1(OC)[C@H]3N=C(c3ccccc3)[C@]1(C)C2. The molecular formula is C29H32N2O3. The second kappa shape index (κ2) is 6.32. The highest BCUT2D eigenvalue weighted by atomic mass is 16.5. The number of likely N-dealkylation sites (N-methyl/N-ethyl adjacent to an activating group) is 1. The van der Waals surface area contributed by atoms with Gasteiger partial charge in [0.25, 0.3) is 0 Å². The van der Waals surface area contributed by atoms with Gasteiger partial charge >= 0.3 is 0 Å². The molecule has 6 aliphatic rings. The maximum absolute atomic E-state index is 11.6. The standard InChI is InChI=1S/C29H32N2O3/c1-26-17-27-12-13-29(26,34-4)25(30-24(26)18-8-6-5-7-9-18)28(27)14-15-31(2)21(27)16-19-10-11-20(33-3)23(32)22(19)28/h5-13,21,25,32H,14-17H2,1-4H3/t21-,25-,26-,27+,28-,29-/m0/s1. The third-order valence-electron chi connectivity index (χ3n) is 10.3. The summed E-state index contributed by atoms with van der Waals surface area (Å²) in [7, 11) is 5.74. The zero-order chi connectivity index (χ0) is 23.5. The monoisotopic (exact) mass is 456 g/mol. The van der Waals surface area contributed by atoms with Gasteiger partial charge in [0.1, 0.15) is 5.60 Å². The van der Waals surface area contributed by atoms with Crippen LogP contribution in [0.2, 0.25) is 0 Å². The van der Waals surface area contributed by atoms with Gasteiger partial charge in [0, 0.05) is 35.0 Å². The van der Waals surface area contributed by atoms with E-state index < -0.39 is 5.60 Å². The topological polar surface area (TPSA) is 54.3 Å². The van der Waals surface area contributed by atoms with Crippen molar-refractivity contribution in [2.24, 2.45) is 15.8 Å². The number of nitrogens with zero attached hydrogens (tertiary/aromatic N) is 2. The Hall–Kier alpha value is -2.63. The normalized spacial score (nSPS) is 41.1. The lowest BCUT2D eigenvalue weighted by Crippen LogP contribution is -2.79. The minimum Gasteiger partial charge on any atom is -0.504 e. The smallest absolute Gasteiger partial charge is 0.161 e. The molecule has 8 rings (SSSR count). The van der Waals surface area contributed by atoms with Crippen molar-refractivity contribution in [1.82, 2.24) is 4.90 Å². The van der Waals surface area contributed by atoms with Gasteiger partial charge in [-0.15, -0.1) is 0 Å². The Bertz CT molecular complexity index is 1270. The summed E-state index contributed by atoms with van der Waals surface area (Å²) >= 11 is 0.